The number of aromatic nitrogens is 2. The average Bonchev–Trinajstić information content (AvgIpc) is 2.82. The Balaban J connectivity index is 2.24. The van der Waals surface area contributed by atoms with E-state index < -0.39 is 0 Å². The average molecular weight is 279 g/mol. The predicted molar refractivity (Wildman–Crippen MR) is 73.1 cm³/mol. The van der Waals surface area contributed by atoms with Gasteiger partial charge in [-0.25, -0.2) is 4.39 Å². The Hall–Kier alpha value is -1.69. The normalized spacial score (nSPS) is 19.6. The first-order valence-corrected chi connectivity index (χ1v) is 6.55. The Labute approximate surface area is 114 Å². The fourth-order valence-corrected chi connectivity index (χ4v) is 2.94. The highest BCUT2D eigenvalue weighted by atomic mass is 32.1. The van der Waals surface area contributed by atoms with E-state index in [1.165, 1.54) is 6.07 Å². The van der Waals surface area contributed by atoms with E-state index in [2.05, 4.69) is 4.98 Å². The van der Waals surface area contributed by atoms with E-state index in [-0.39, 0.29) is 17.8 Å². The van der Waals surface area contributed by atoms with Crippen molar-refractivity contribution in [3.05, 3.63) is 28.3 Å². The van der Waals surface area contributed by atoms with Crippen molar-refractivity contribution in [2.24, 2.45) is 0 Å². The van der Waals surface area contributed by atoms with E-state index >= 15 is 0 Å². The van der Waals surface area contributed by atoms with Crippen molar-refractivity contribution in [3.8, 4) is 0 Å². The first kappa shape index (κ1) is 12.3. The molecule has 1 aliphatic heterocycles. The molecule has 1 aromatic carbocycles. The zero-order chi connectivity index (χ0) is 13.7. The number of nitrogens with zero attached hydrogens (tertiary/aromatic N) is 2. The number of fused-ring (bicyclic) bond motifs is 1. The number of H-pyrrole nitrogens is 1. The lowest BCUT2D eigenvalue weighted by molar-refractivity contribution is -0.129. The third-order valence-electron chi connectivity index (χ3n) is 3.71. The van der Waals surface area contributed by atoms with Gasteiger partial charge >= 0.3 is 0 Å². The van der Waals surface area contributed by atoms with Crippen LogP contribution in [-0.4, -0.2) is 34.0 Å². The summed E-state index contributed by atoms with van der Waals surface area (Å²) >= 11 is 5.28. The molecule has 4 nitrogen and oxygen atoms in total. The maximum absolute atomic E-state index is 13.6. The summed E-state index contributed by atoms with van der Waals surface area (Å²) in [6, 6.07) is 2.89. The number of nitrogens with one attached hydrogen (secondary N) is 1. The van der Waals surface area contributed by atoms with E-state index in [1.54, 1.807) is 24.9 Å². The van der Waals surface area contributed by atoms with E-state index in [4.69, 9.17) is 12.2 Å². The summed E-state index contributed by atoms with van der Waals surface area (Å²) in [7, 11) is 1.78. The zero-order valence-corrected chi connectivity index (χ0v) is 11.6. The minimum atomic E-state index is -0.281. The van der Waals surface area contributed by atoms with E-state index in [0.29, 0.717) is 15.9 Å². The Bertz CT molecular complexity index is 733. The molecule has 1 unspecified atom stereocenters. The van der Waals surface area contributed by atoms with Crippen molar-refractivity contribution in [2.75, 3.05) is 13.6 Å². The van der Waals surface area contributed by atoms with Gasteiger partial charge in [-0.2, -0.15) is 0 Å². The molecular weight excluding hydrogens is 265 g/mol. The molecule has 1 N–H and O–H groups in total. The number of halogens is 1. The van der Waals surface area contributed by atoms with Crippen LogP contribution in [0.2, 0.25) is 0 Å². The van der Waals surface area contributed by atoms with Gasteiger partial charge in [-0.3, -0.25) is 4.79 Å². The number of likely N-dealkylation sites (N-methyl/N-ethyl adjacent to an activating group) is 1. The molecule has 6 heteroatoms. The van der Waals surface area contributed by atoms with Gasteiger partial charge in [-0.15, -0.1) is 0 Å². The second-order valence-electron chi connectivity index (χ2n) is 4.98. The number of hydrogen-bond acceptors (Lipinski definition) is 2. The second-order valence-corrected chi connectivity index (χ2v) is 5.37. The van der Waals surface area contributed by atoms with Crippen LogP contribution in [0.15, 0.2) is 12.1 Å². The second kappa shape index (κ2) is 4.16. The molecule has 1 atom stereocenters. The lowest BCUT2D eigenvalue weighted by atomic mass is 10.2. The van der Waals surface area contributed by atoms with Crippen LogP contribution in [0, 0.1) is 17.5 Å². The molecule has 1 amide bonds. The molecule has 0 bridgehead atoms. The number of likely N-dealkylation sites (tertiary alicyclic amines) is 1. The summed E-state index contributed by atoms with van der Waals surface area (Å²) in [5.74, 6) is -0.218. The van der Waals surface area contributed by atoms with Crippen LogP contribution in [0.25, 0.3) is 11.0 Å². The third kappa shape index (κ3) is 1.78. The van der Waals surface area contributed by atoms with Crippen LogP contribution in [-0.2, 0) is 4.79 Å². The highest BCUT2D eigenvalue weighted by molar-refractivity contribution is 7.71. The minimum absolute atomic E-state index is 0.0546. The molecule has 0 aliphatic carbocycles. The number of aryl methyl sites for hydroxylation is 1. The topological polar surface area (TPSA) is 41.0 Å². The Morgan fingerprint density at radius 1 is 1.47 bits per heavy atom. The summed E-state index contributed by atoms with van der Waals surface area (Å²) < 4.78 is 15.8. The molecule has 1 aliphatic rings. The Kier molecular flexibility index (Phi) is 2.70. The van der Waals surface area contributed by atoms with Gasteiger partial charge in [0.2, 0.25) is 5.91 Å². The van der Waals surface area contributed by atoms with Gasteiger partial charge in [-0.05, 0) is 43.3 Å². The predicted octanol–water partition coefficient (Wildman–Crippen LogP) is 2.55. The largest absolute Gasteiger partial charge is 0.344 e. The summed E-state index contributed by atoms with van der Waals surface area (Å²) in [6.45, 7) is 2.43. The summed E-state index contributed by atoms with van der Waals surface area (Å²) in [4.78, 5) is 16.8. The lowest BCUT2D eigenvalue weighted by Gasteiger charge is -2.13. The number of carbonyl (C=O) groups is 1. The Morgan fingerprint density at radius 3 is 2.84 bits per heavy atom. The molecule has 100 valence electrons. The molecule has 0 radical (unpaired) electrons. The monoisotopic (exact) mass is 279 g/mol. The smallest absolute Gasteiger partial charge is 0.245 e. The van der Waals surface area contributed by atoms with Crippen molar-refractivity contribution in [2.45, 2.75) is 19.4 Å². The number of aromatic amines is 1. The first-order chi connectivity index (χ1) is 8.99. The summed E-state index contributed by atoms with van der Waals surface area (Å²) in [5, 5.41) is 0. The molecule has 19 heavy (non-hydrogen) atoms. The summed E-state index contributed by atoms with van der Waals surface area (Å²) in [6.07, 6.45) is 0.729. The molecule has 1 fully saturated rings. The number of amides is 1. The minimum Gasteiger partial charge on any atom is -0.344 e. The van der Waals surface area contributed by atoms with Gasteiger partial charge in [0.05, 0.1) is 11.0 Å². The van der Waals surface area contributed by atoms with Gasteiger partial charge in [0, 0.05) is 13.6 Å². The van der Waals surface area contributed by atoms with Gasteiger partial charge in [0.15, 0.2) is 4.77 Å². The SMILES string of the molecule is Cc1cc2c(cc1F)[nH]c(=S)n2C1CCN(C)C1=O. The highest BCUT2D eigenvalue weighted by Crippen LogP contribution is 2.28. The molecule has 0 spiro atoms. The molecule has 2 heterocycles. The van der Waals surface area contributed by atoms with Gasteiger partial charge in [0.25, 0.3) is 0 Å². The van der Waals surface area contributed by atoms with Crippen LogP contribution in [0.3, 0.4) is 0 Å². The molecular formula is C13H14FN3OS. The van der Waals surface area contributed by atoms with Gasteiger partial charge < -0.3 is 14.5 Å². The van der Waals surface area contributed by atoms with Crippen LogP contribution in [0.1, 0.15) is 18.0 Å². The zero-order valence-electron chi connectivity index (χ0n) is 10.7. The maximum Gasteiger partial charge on any atom is 0.245 e. The molecule has 0 saturated carbocycles. The van der Waals surface area contributed by atoms with Crippen LogP contribution < -0.4 is 0 Å². The van der Waals surface area contributed by atoms with Crippen LogP contribution in [0.4, 0.5) is 4.39 Å². The number of imidazole rings is 1. The Morgan fingerprint density at radius 2 is 2.21 bits per heavy atom. The number of hydrogen-bond donors (Lipinski definition) is 1. The number of carbonyl (C=O) groups excluding carboxylic acids is 1. The van der Waals surface area contributed by atoms with Crippen molar-refractivity contribution >= 4 is 29.2 Å². The lowest BCUT2D eigenvalue weighted by Crippen LogP contribution is -2.24. The van der Waals surface area contributed by atoms with Gasteiger partial charge in [-0.1, -0.05) is 0 Å². The van der Waals surface area contributed by atoms with Crippen LogP contribution >= 0.6 is 12.2 Å². The third-order valence-corrected chi connectivity index (χ3v) is 4.01. The number of benzene rings is 1. The van der Waals surface area contributed by atoms with E-state index in [1.807, 2.05) is 4.57 Å². The van der Waals surface area contributed by atoms with Crippen molar-refractivity contribution < 1.29 is 9.18 Å². The fourth-order valence-electron chi connectivity index (χ4n) is 2.60. The summed E-state index contributed by atoms with van der Waals surface area (Å²) in [5.41, 5.74) is 1.97. The fraction of sp³-hybridized carbons (Fsp3) is 0.385. The molecule has 1 saturated heterocycles. The first-order valence-electron chi connectivity index (χ1n) is 6.14. The quantitative estimate of drug-likeness (QED) is 0.815. The van der Waals surface area contributed by atoms with Crippen molar-refractivity contribution in [1.29, 1.82) is 0 Å². The standard InChI is InChI=1S/C13H14FN3OS/c1-7-5-11-9(6-8(7)14)15-13(19)17(11)10-3-4-16(2)12(10)18/h5-6,10H,3-4H2,1-2H3,(H,15,19). The van der Waals surface area contributed by atoms with E-state index in [9.17, 15) is 9.18 Å². The van der Waals surface area contributed by atoms with Gasteiger partial charge in [0.1, 0.15) is 11.9 Å². The van der Waals surface area contributed by atoms with Crippen molar-refractivity contribution in [1.82, 2.24) is 14.5 Å². The van der Waals surface area contributed by atoms with Crippen LogP contribution in [0.5, 0.6) is 0 Å². The molecule has 2 aromatic rings. The number of rotatable bonds is 1. The highest BCUT2D eigenvalue weighted by Gasteiger charge is 2.32. The van der Waals surface area contributed by atoms with E-state index in [0.717, 1.165) is 18.5 Å². The molecule has 3 rings (SSSR count). The molecule has 1 aromatic heterocycles. The maximum atomic E-state index is 13.6. The van der Waals surface area contributed by atoms with Crippen molar-refractivity contribution in [3.63, 3.8) is 0 Å².